The van der Waals surface area contributed by atoms with Crippen molar-refractivity contribution in [3.8, 4) is 0 Å². The standard InChI is InChI=1S/C9H20N.C4H8.Ga/c1-6-7-10(8(2)3)9(4)5;1-3-4-2;/h8-9H,1,6-7H2,2-5H3;1-4H2;. The molecule has 0 saturated carbocycles. The molecule has 0 bridgehead atoms. The van der Waals surface area contributed by atoms with E-state index < -0.39 is 16.2 Å². The molecule has 88 valence electrons. The van der Waals surface area contributed by atoms with Crippen molar-refractivity contribution in [2.45, 2.75) is 74.0 Å². The molecule has 0 aliphatic carbocycles. The predicted octanol–water partition coefficient (Wildman–Crippen LogP) is 3.78. The summed E-state index contributed by atoms with van der Waals surface area (Å²) in [6, 6.07) is 1.45. The van der Waals surface area contributed by atoms with Crippen molar-refractivity contribution in [2.24, 2.45) is 0 Å². The van der Waals surface area contributed by atoms with E-state index in [9.17, 15) is 0 Å². The van der Waals surface area contributed by atoms with Gasteiger partial charge in [0.05, 0.1) is 0 Å². The van der Waals surface area contributed by atoms with E-state index in [0.717, 1.165) is 12.1 Å². The van der Waals surface area contributed by atoms with Gasteiger partial charge in [0.15, 0.2) is 0 Å². The van der Waals surface area contributed by atoms with Gasteiger partial charge in [-0.3, -0.25) is 0 Å². The van der Waals surface area contributed by atoms with Crippen molar-refractivity contribution in [1.29, 1.82) is 0 Å². The zero-order valence-corrected chi connectivity index (χ0v) is 13.6. The Labute approximate surface area is 102 Å². The van der Waals surface area contributed by atoms with E-state index >= 15 is 0 Å². The summed E-state index contributed by atoms with van der Waals surface area (Å²) < 4.78 is 0. The zero-order valence-electron chi connectivity index (χ0n) is 11.1. The number of hydrogen-bond acceptors (Lipinski definition) is 1. The molecule has 0 radical (unpaired) electrons. The van der Waals surface area contributed by atoms with E-state index in [4.69, 9.17) is 0 Å². The van der Waals surface area contributed by atoms with Crippen LogP contribution in [-0.4, -0.2) is 39.7 Å². The van der Waals surface area contributed by atoms with E-state index in [-0.39, 0.29) is 0 Å². The van der Waals surface area contributed by atoms with Crippen LogP contribution in [0.5, 0.6) is 0 Å². The first kappa shape index (κ1) is 13.7. The van der Waals surface area contributed by atoms with Crippen LogP contribution in [-0.2, 0) is 0 Å². The number of rotatable bonds is 6. The quantitative estimate of drug-likeness (QED) is 0.662. The van der Waals surface area contributed by atoms with Crippen molar-refractivity contribution in [3.63, 3.8) is 0 Å². The van der Waals surface area contributed by atoms with Crippen LogP contribution in [0, 0.1) is 0 Å². The molecule has 0 spiro atoms. The van der Waals surface area contributed by atoms with Gasteiger partial charge in [-0.05, 0) is 0 Å². The SMILES string of the molecule is CC(C)N(CC[CH2][Ga]1[CH2]CC[CH2]1)C(C)C. The van der Waals surface area contributed by atoms with Gasteiger partial charge in [-0.1, -0.05) is 0 Å². The Morgan fingerprint density at radius 3 is 2.00 bits per heavy atom. The third-order valence-corrected chi connectivity index (χ3v) is 11.5. The van der Waals surface area contributed by atoms with Gasteiger partial charge < -0.3 is 0 Å². The summed E-state index contributed by atoms with van der Waals surface area (Å²) in [4.78, 5) is 7.69. The molecule has 0 aromatic rings. The van der Waals surface area contributed by atoms with Gasteiger partial charge in [0, 0.05) is 0 Å². The maximum atomic E-state index is 2.65. The van der Waals surface area contributed by atoms with Crippen LogP contribution < -0.4 is 0 Å². The molecule has 1 rings (SSSR count). The van der Waals surface area contributed by atoms with Crippen LogP contribution in [0.3, 0.4) is 0 Å². The molecule has 15 heavy (non-hydrogen) atoms. The van der Waals surface area contributed by atoms with Crippen LogP contribution in [0.4, 0.5) is 0 Å². The third-order valence-electron chi connectivity index (χ3n) is 3.83. The average Bonchev–Trinajstić information content (AvgIpc) is 2.63. The van der Waals surface area contributed by atoms with Gasteiger partial charge in [-0.15, -0.1) is 0 Å². The van der Waals surface area contributed by atoms with Gasteiger partial charge in [0.2, 0.25) is 0 Å². The van der Waals surface area contributed by atoms with Crippen LogP contribution in [0.2, 0.25) is 14.9 Å². The minimum absolute atomic E-state index is 0.681. The van der Waals surface area contributed by atoms with Crippen molar-refractivity contribution >= 4 is 16.2 Å². The van der Waals surface area contributed by atoms with Crippen molar-refractivity contribution in [1.82, 2.24) is 4.90 Å². The Morgan fingerprint density at radius 2 is 1.53 bits per heavy atom. The molecule has 0 aromatic carbocycles. The molecule has 1 aliphatic heterocycles. The van der Waals surface area contributed by atoms with Gasteiger partial charge in [-0.25, -0.2) is 0 Å². The summed E-state index contributed by atoms with van der Waals surface area (Å²) in [5.74, 6) is 0. The minimum atomic E-state index is -0.681. The Kier molecular flexibility index (Phi) is 6.40. The first-order valence-electron chi connectivity index (χ1n) is 6.87. The monoisotopic (exact) mass is 267 g/mol. The first-order valence-corrected chi connectivity index (χ1v) is 12.0. The van der Waals surface area contributed by atoms with Crippen LogP contribution in [0.1, 0.15) is 47.0 Å². The fourth-order valence-electron chi connectivity index (χ4n) is 2.97. The normalized spacial score (nSPS) is 17.4. The summed E-state index contributed by atoms with van der Waals surface area (Å²) in [5.41, 5.74) is 0. The van der Waals surface area contributed by atoms with E-state index in [1.807, 2.05) is 0 Å². The molecule has 0 N–H and O–H groups in total. The molecule has 1 saturated heterocycles. The Balaban J connectivity index is 2.15. The maximum absolute atomic E-state index is 2.65. The molecule has 2 heteroatoms. The molecule has 1 nitrogen and oxygen atoms in total. The molecule has 1 fully saturated rings. The summed E-state index contributed by atoms with van der Waals surface area (Å²) in [6.07, 6.45) is 4.63. The Morgan fingerprint density at radius 1 is 1.00 bits per heavy atom. The van der Waals surface area contributed by atoms with Crippen molar-refractivity contribution < 1.29 is 0 Å². The van der Waals surface area contributed by atoms with Gasteiger partial charge in [-0.2, -0.15) is 0 Å². The molecule has 0 aromatic heterocycles. The summed E-state index contributed by atoms with van der Waals surface area (Å²) >= 11 is -0.681. The zero-order chi connectivity index (χ0) is 11.3. The van der Waals surface area contributed by atoms with E-state index in [1.165, 1.54) is 13.0 Å². The van der Waals surface area contributed by atoms with Crippen LogP contribution in [0.15, 0.2) is 0 Å². The second-order valence-electron chi connectivity index (χ2n) is 5.72. The Hall–Kier alpha value is 0.596. The van der Waals surface area contributed by atoms with Crippen molar-refractivity contribution in [2.75, 3.05) is 6.54 Å². The molecule has 1 heterocycles. The van der Waals surface area contributed by atoms with Crippen LogP contribution in [0.25, 0.3) is 0 Å². The van der Waals surface area contributed by atoms with E-state index in [1.54, 1.807) is 27.8 Å². The molecule has 1 aliphatic rings. The summed E-state index contributed by atoms with van der Waals surface area (Å²) in [5, 5.41) is 0. The second-order valence-corrected chi connectivity index (χ2v) is 13.0. The van der Waals surface area contributed by atoms with Gasteiger partial charge >= 0.3 is 102 Å². The molecular formula is C13H28GaN. The molecule has 0 atom stereocenters. The number of hydrogen-bond donors (Lipinski definition) is 0. The summed E-state index contributed by atoms with van der Waals surface area (Å²) in [6.45, 7) is 10.7. The third kappa shape index (κ3) is 4.97. The molecule has 0 amide bonds. The second kappa shape index (κ2) is 7.03. The fourth-order valence-corrected chi connectivity index (χ4v) is 10.0. The predicted molar refractivity (Wildman–Crippen MR) is 71.0 cm³/mol. The molecule has 0 unspecified atom stereocenters. The van der Waals surface area contributed by atoms with Gasteiger partial charge in [0.1, 0.15) is 0 Å². The summed E-state index contributed by atoms with van der Waals surface area (Å²) in [7, 11) is 0. The fraction of sp³-hybridized carbons (Fsp3) is 1.00. The molecular weight excluding hydrogens is 240 g/mol. The first-order chi connectivity index (χ1) is 7.11. The Bertz CT molecular complexity index is 154. The van der Waals surface area contributed by atoms with Crippen molar-refractivity contribution in [3.05, 3.63) is 0 Å². The van der Waals surface area contributed by atoms with Crippen LogP contribution >= 0.6 is 0 Å². The van der Waals surface area contributed by atoms with Gasteiger partial charge in [0.25, 0.3) is 0 Å². The topological polar surface area (TPSA) is 3.24 Å². The average molecular weight is 268 g/mol. The van der Waals surface area contributed by atoms with E-state index in [0.29, 0.717) is 0 Å². The number of nitrogens with zero attached hydrogens (tertiary/aromatic N) is 1. The van der Waals surface area contributed by atoms with E-state index in [2.05, 4.69) is 32.6 Å².